The number of carbonyl (C=O) groups is 2. The molecule has 1 aliphatic rings. The van der Waals surface area contributed by atoms with E-state index >= 15 is 0 Å². The predicted octanol–water partition coefficient (Wildman–Crippen LogP) is 1.55. The molecule has 1 fully saturated rings. The number of rotatable bonds is 5. The average molecular weight is 280 g/mol. The van der Waals surface area contributed by atoms with Crippen LogP contribution in [0.15, 0.2) is 18.2 Å². The second-order valence-corrected chi connectivity index (χ2v) is 4.90. The van der Waals surface area contributed by atoms with Gasteiger partial charge in [-0.05, 0) is 31.0 Å². The Labute approximate surface area is 116 Å². The van der Waals surface area contributed by atoms with Crippen LogP contribution in [0.5, 0.6) is 0 Å². The molecule has 2 rings (SSSR count). The quantitative estimate of drug-likeness (QED) is 0.803. The maximum atomic E-state index is 13.6. The first-order chi connectivity index (χ1) is 9.52. The van der Waals surface area contributed by atoms with Crippen molar-refractivity contribution in [3.8, 4) is 0 Å². The Kier molecular flexibility index (Phi) is 3.92. The molecule has 0 aliphatic heterocycles. The number of carbonyl (C=O) groups excluding carboxylic acids is 2. The van der Waals surface area contributed by atoms with E-state index in [0.29, 0.717) is 18.5 Å². The van der Waals surface area contributed by atoms with E-state index in [1.165, 1.54) is 25.3 Å². The van der Waals surface area contributed by atoms with Crippen molar-refractivity contribution in [2.75, 3.05) is 26.0 Å². The van der Waals surface area contributed by atoms with Crippen LogP contribution in [0.1, 0.15) is 23.2 Å². The highest BCUT2D eigenvalue weighted by atomic mass is 19.1. The van der Waals surface area contributed by atoms with Crippen molar-refractivity contribution in [1.82, 2.24) is 5.32 Å². The number of hydrogen-bond donors (Lipinski definition) is 2. The molecule has 0 saturated heterocycles. The molecule has 0 aromatic heterocycles. The maximum absolute atomic E-state index is 13.6. The second kappa shape index (κ2) is 5.48. The summed E-state index contributed by atoms with van der Waals surface area (Å²) in [7, 11) is 2.93. The van der Waals surface area contributed by atoms with Gasteiger partial charge in [0.05, 0.1) is 18.2 Å². The summed E-state index contributed by atoms with van der Waals surface area (Å²) in [4.78, 5) is 23.5. The molecule has 1 aliphatic carbocycles. The molecule has 0 bridgehead atoms. The molecule has 1 aromatic carbocycles. The van der Waals surface area contributed by atoms with Crippen molar-refractivity contribution in [2.24, 2.45) is 5.41 Å². The molecule has 2 N–H and O–H groups in total. The number of anilines is 1. The van der Waals surface area contributed by atoms with Crippen LogP contribution >= 0.6 is 0 Å². The minimum atomic E-state index is -0.589. The molecule has 0 atom stereocenters. The van der Waals surface area contributed by atoms with Gasteiger partial charge >= 0.3 is 5.97 Å². The van der Waals surface area contributed by atoms with Crippen LogP contribution in [0, 0.1) is 11.2 Å². The van der Waals surface area contributed by atoms with Crippen molar-refractivity contribution in [2.45, 2.75) is 12.8 Å². The summed E-state index contributed by atoms with van der Waals surface area (Å²) in [6.07, 6.45) is 1.40. The number of nitrogens with one attached hydrogen (secondary N) is 2. The molecule has 0 spiro atoms. The van der Waals surface area contributed by atoms with Gasteiger partial charge in [0.2, 0.25) is 0 Å². The molecular formula is C14H17FN2O3. The molecule has 0 unspecified atom stereocenters. The summed E-state index contributed by atoms with van der Waals surface area (Å²) in [5, 5.41) is 5.34. The third-order valence-electron chi connectivity index (χ3n) is 3.56. The molecule has 0 heterocycles. The van der Waals surface area contributed by atoms with E-state index in [2.05, 4.69) is 10.6 Å². The monoisotopic (exact) mass is 280 g/mol. The second-order valence-electron chi connectivity index (χ2n) is 4.90. The van der Waals surface area contributed by atoms with E-state index in [-0.39, 0.29) is 18.1 Å². The SMILES string of the molecule is CNc1ccc(C(=O)NCC2(C(=O)OC)CC2)cc1F. The lowest BCUT2D eigenvalue weighted by Crippen LogP contribution is -2.34. The van der Waals surface area contributed by atoms with E-state index in [1.807, 2.05) is 0 Å². The Bertz CT molecular complexity index is 541. The molecule has 0 radical (unpaired) electrons. The summed E-state index contributed by atoms with van der Waals surface area (Å²) in [6, 6.07) is 4.19. The van der Waals surface area contributed by atoms with Crippen LogP contribution in [0.3, 0.4) is 0 Å². The van der Waals surface area contributed by atoms with Gasteiger partial charge in [0, 0.05) is 19.2 Å². The van der Waals surface area contributed by atoms with Crippen LogP contribution in [0.25, 0.3) is 0 Å². The number of ether oxygens (including phenoxy) is 1. The van der Waals surface area contributed by atoms with E-state index in [0.717, 1.165) is 0 Å². The summed E-state index contributed by atoms with van der Waals surface area (Å²) in [5.41, 5.74) is -0.0367. The minimum Gasteiger partial charge on any atom is -0.469 e. The van der Waals surface area contributed by atoms with Crippen LogP contribution < -0.4 is 10.6 Å². The summed E-state index contributed by atoms with van der Waals surface area (Å²) in [6.45, 7) is 0.216. The fraction of sp³-hybridized carbons (Fsp3) is 0.429. The Balaban J connectivity index is 1.99. The first-order valence-electron chi connectivity index (χ1n) is 6.36. The third kappa shape index (κ3) is 2.74. The molecular weight excluding hydrogens is 263 g/mol. The molecule has 1 aromatic rings. The van der Waals surface area contributed by atoms with Crippen molar-refractivity contribution in [3.05, 3.63) is 29.6 Å². The van der Waals surface area contributed by atoms with Gasteiger partial charge in [0.1, 0.15) is 5.82 Å². The number of hydrogen-bond acceptors (Lipinski definition) is 4. The van der Waals surface area contributed by atoms with E-state index in [1.54, 1.807) is 7.05 Å². The van der Waals surface area contributed by atoms with Gasteiger partial charge in [0.15, 0.2) is 0 Å². The zero-order valence-electron chi connectivity index (χ0n) is 11.5. The number of halogens is 1. The fourth-order valence-corrected chi connectivity index (χ4v) is 2.03. The van der Waals surface area contributed by atoms with E-state index < -0.39 is 17.1 Å². The van der Waals surface area contributed by atoms with Crippen LogP contribution in [-0.4, -0.2) is 32.6 Å². The van der Waals surface area contributed by atoms with Gasteiger partial charge in [-0.2, -0.15) is 0 Å². The first kappa shape index (κ1) is 14.3. The molecule has 20 heavy (non-hydrogen) atoms. The lowest BCUT2D eigenvalue weighted by Gasteiger charge is -2.13. The van der Waals surface area contributed by atoms with Crippen molar-refractivity contribution in [3.63, 3.8) is 0 Å². The van der Waals surface area contributed by atoms with Gasteiger partial charge in [-0.3, -0.25) is 9.59 Å². The number of methoxy groups -OCH3 is 1. The van der Waals surface area contributed by atoms with Crippen LogP contribution in [-0.2, 0) is 9.53 Å². The number of esters is 1. The summed E-state index contributed by atoms with van der Waals surface area (Å²) >= 11 is 0. The highest BCUT2D eigenvalue weighted by Gasteiger charge is 2.51. The van der Waals surface area contributed by atoms with Gasteiger partial charge in [-0.1, -0.05) is 0 Å². The van der Waals surface area contributed by atoms with E-state index in [4.69, 9.17) is 4.74 Å². The highest BCUT2D eigenvalue weighted by Crippen LogP contribution is 2.46. The van der Waals surface area contributed by atoms with Gasteiger partial charge in [-0.25, -0.2) is 4.39 Å². The Hall–Kier alpha value is -2.11. The standard InChI is InChI=1S/C14H17FN2O3/c1-16-11-4-3-9(7-10(11)15)12(18)17-8-14(5-6-14)13(19)20-2/h3-4,7,16H,5-6,8H2,1-2H3,(H,17,18). The summed E-state index contributed by atoms with van der Waals surface area (Å²) < 4.78 is 18.3. The third-order valence-corrected chi connectivity index (χ3v) is 3.56. The Morgan fingerprint density at radius 1 is 1.40 bits per heavy atom. The predicted molar refractivity (Wildman–Crippen MR) is 72.0 cm³/mol. The molecule has 6 heteroatoms. The topological polar surface area (TPSA) is 67.4 Å². The molecule has 1 saturated carbocycles. The molecule has 108 valence electrons. The normalized spacial score (nSPS) is 15.3. The number of amides is 1. The van der Waals surface area contributed by atoms with Crippen molar-refractivity contribution < 1.29 is 18.7 Å². The van der Waals surface area contributed by atoms with Crippen molar-refractivity contribution >= 4 is 17.6 Å². The number of benzene rings is 1. The lowest BCUT2D eigenvalue weighted by atomic mass is 10.1. The average Bonchev–Trinajstić information content (AvgIpc) is 3.25. The summed E-state index contributed by atoms with van der Waals surface area (Å²) in [5.74, 6) is -1.20. The van der Waals surface area contributed by atoms with Crippen molar-refractivity contribution in [1.29, 1.82) is 0 Å². The fourth-order valence-electron chi connectivity index (χ4n) is 2.03. The lowest BCUT2D eigenvalue weighted by molar-refractivity contribution is -0.146. The van der Waals surface area contributed by atoms with Gasteiger partial charge in [-0.15, -0.1) is 0 Å². The smallest absolute Gasteiger partial charge is 0.313 e. The van der Waals surface area contributed by atoms with Gasteiger partial charge < -0.3 is 15.4 Å². The Morgan fingerprint density at radius 2 is 2.10 bits per heavy atom. The molecule has 5 nitrogen and oxygen atoms in total. The van der Waals surface area contributed by atoms with Crippen LogP contribution in [0.4, 0.5) is 10.1 Å². The largest absolute Gasteiger partial charge is 0.469 e. The zero-order chi connectivity index (χ0) is 14.8. The highest BCUT2D eigenvalue weighted by molar-refractivity contribution is 5.95. The first-order valence-corrected chi connectivity index (χ1v) is 6.36. The van der Waals surface area contributed by atoms with Crippen LogP contribution in [0.2, 0.25) is 0 Å². The minimum absolute atomic E-state index is 0.216. The maximum Gasteiger partial charge on any atom is 0.313 e. The molecule has 1 amide bonds. The Morgan fingerprint density at radius 3 is 2.60 bits per heavy atom. The van der Waals surface area contributed by atoms with Gasteiger partial charge in [0.25, 0.3) is 5.91 Å². The zero-order valence-corrected chi connectivity index (χ0v) is 11.5. The van der Waals surface area contributed by atoms with E-state index in [9.17, 15) is 14.0 Å².